The molecule has 1 amide bonds. The first-order valence-corrected chi connectivity index (χ1v) is 4.12. The highest BCUT2D eigenvalue weighted by Gasteiger charge is 2.44. The van der Waals surface area contributed by atoms with Gasteiger partial charge in [-0.05, 0) is 0 Å². The summed E-state index contributed by atoms with van der Waals surface area (Å²) in [5.41, 5.74) is 4.72. The van der Waals surface area contributed by atoms with Crippen molar-refractivity contribution in [3.63, 3.8) is 0 Å². The molecule has 0 aromatic carbocycles. The second-order valence-electron chi connectivity index (χ2n) is 3.25. The molecule has 1 fully saturated rings. The molecule has 0 aromatic heterocycles. The standard InChI is InChI=1S/C7H12F2N2O3/c8-7(9,3-10)6(14)11-1-4(12)5(13)2-11/h4-5,12-13H,1-3,10H2/t4-,5+. The van der Waals surface area contributed by atoms with Crippen LogP contribution in [0.3, 0.4) is 0 Å². The van der Waals surface area contributed by atoms with Crippen molar-refractivity contribution in [2.45, 2.75) is 18.1 Å². The van der Waals surface area contributed by atoms with E-state index < -0.39 is 30.6 Å². The molecule has 1 aliphatic heterocycles. The fourth-order valence-corrected chi connectivity index (χ4v) is 1.25. The van der Waals surface area contributed by atoms with E-state index in [2.05, 4.69) is 0 Å². The number of nitrogens with zero attached hydrogens (tertiary/aromatic N) is 1. The van der Waals surface area contributed by atoms with Crippen LogP contribution in [-0.4, -0.2) is 58.8 Å². The monoisotopic (exact) mass is 210 g/mol. The van der Waals surface area contributed by atoms with Crippen molar-refractivity contribution < 1.29 is 23.8 Å². The van der Waals surface area contributed by atoms with Gasteiger partial charge in [-0.25, -0.2) is 0 Å². The average molecular weight is 210 g/mol. The zero-order valence-electron chi connectivity index (χ0n) is 7.36. The number of β-amino-alcohol motifs (C(OH)–C–C–N with tert-alkyl or cyclic N) is 2. The van der Waals surface area contributed by atoms with E-state index in [9.17, 15) is 13.6 Å². The van der Waals surface area contributed by atoms with Gasteiger partial charge in [-0.2, -0.15) is 8.78 Å². The van der Waals surface area contributed by atoms with Gasteiger partial charge in [-0.3, -0.25) is 4.79 Å². The molecule has 0 bridgehead atoms. The third-order valence-electron chi connectivity index (χ3n) is 2.12. The summed E-state index contributed by atoms with van der Waals surface area (Å²) in [7, 11) is 0. The van der Waals surface area contributed by atoms with E-state index in [1.165, 1.54) is 0 Å². The Morgan fingerprint density at radius 2 is 1.86 bits per heavy atom. The van der Waals surface area contributed by atoms with Gasteiger partial charge in [0.1, 0.15) is 0 Å². The van der Waals surface area contributed by atoms with Crippen LogP contribution in [0.1, 0.15) is 0 Å². The minimum atomic E-state index is -3.62. The normalized spacial score (nSPS) is 28.2. The van der Waals surface area contributed by atoms with Gasteiger partial charge in [0, 0.05) is 13.1 Å². The second kappa shape index (κ2) is 3.76. The summed E-state index contributed by atoms with van der Waals surface area (Å²) >= 11 is 0. The Morgan fingerprint density at radius 1 is 1.43 bits per heavy atom. The first-order valence-electron chi connectivity index (χ1n) is 4.12. The lowest BCUT2D eigenvalue weighted by molar-refractivity contribution is -0.155. The first kappa shape index (κ1) is 11.3. The molecule has 0 unspecified atom stereocenters. The number of nitrogens with two attached hydrogens (primary N) is 1. The van der Waals surface area contributed by atoms with E-state index in [0.717, 1.165) is 0 Å². The summed E-state index contributed by atoms with van der Waals surface area (Å²) in [6, 6.07) is 0. The summed E-state index contributed by atoms with van der Waals surface area (Å²) in [6.07, 6.45) is -2.32. The van der Waals surface area contributed by atoms with Crippen LogP contribution < -0.4 is 5.73 Å². The number of likely N-dealkylation sites (tertiary alicyclic amines) is 1. The van der Waals surface area contributed by atoms with E-state index >= 15 is 0 Å². The molecule has 1 heterocycles. The van der Waals surface area contributed by atoms with Crippen LogP contribution in [0.25, 0.3) is 0 Å². The van der Waals surface area contributed by atoms with E-state index in [1.807, 2.05) is 0 Å². The summed E-state index contributed by atoms with van der Waals surface area (Å²) in [5.74, 6) is -5.07. The van der Waals surface area contributed by atoms with Gasteiger partial charge < -0.3 is 20.8 Å². The Morgan fingerprint density at radius 3 is 2.21 bits per heavy atom. The maximum absolute atomic E-state index is 12.8. The maximum atomic E-state index is 12.8. The largest absolute Gasteiger partial charge is 0.388 e. The fourth-order valence-electron chi connectivity index (χ4n) is 1.25. The molecule has 7 heteroatoms. The van der Waals surface area contributed by atoms with E-state index in [0.29, 0.717) is 4.90 Å². The Labute approximate surface area is 79.1 Å². The molecule has 0 aromatic rings. The van der Waals surface area contributed by atoms with Crippen molar-refractivity contribution in [3.8, 4) is 0 Å². The molecule has 0 saturated carbocycles. The average Bonchev–Trinajstić information content (AvgIpc) is 2.45. The van der Waals surface area contributed by atoms with Gasteiger partial charge in [0.25, 0.3) is 5.91 Å². The van der Waals surface area contributed by atoms with Crippen molar-refractivity contribution >= 4 is 5.91 Å². The van der Waals surface area contributed by atoms with E-state index in [1.54, 1.807) is 0 Å². The van der Waals surface area contributed by atoms with Crippen LogP contribution in [0.15, 0.2) is 0 Å². The molecule has 0 spiro atoms. The highest BCUT2D eigenvalue weighted by molar-refractivity contribution is 5.84. The molecule has 0 radical (unpaired) electrons. The van der Waals surface area contributed by atoms with Gasteiger partial charge in [0.15, 0.2) is 0 Å². The van der Waals surface area contributed by atoms with Gasteiger partial charge in [-0.1, -0.05) is 0 Å². The molecule has 2 atom stereocenters. The van der Waals surface area contributed by atoms with Crippen molar-refractivity contribution in [2.75, 3.05) is 19.6 Å². The van der Waals surface area contributed by atoms with Gasteiger partial charge in [-0.15, -0.1) is 0 Å². The topological polar surface area (TPSA) is 86.8 Å². The predicted molar refractivity (Wildman–Crippen MR) is 42.6 cm³/mol. The Bertz CT molecular complexity index is 227. The maximum Gasteiger partial charge on any atom is 0.336 e. The number of halogens is 2. The minimum Gasteiger partial charge on any atom is -0.388 e. The molecule has 1 rings (SSSR count). The SMILES string of the molecule is NCC(F)(F)C(=O)N1C[C@@H](O)[C@@H](O)C1. The van der Waals surface area contributed by atoms with E-state index in [4.69, 9.17) is 15.9 Å². The van der Waals surface area contributed by atoms with Crippen molar-refractivity contribution in [1.29, 1.82) is 0 Å². The van der Waals surface area contributed by atoms with Gasteiger partial charge in [0.05, 0.1) is 18.8 Å². The number of carbonyl (C=O) groups is 1. The van der Waals surface area contributed by atoms with Crippen LogP contribution >= 0.6 is 0 Å². The first-order chi connectivity index (χ1) is 6.38. The molecule has 4 N–H and O–H groups in total. The molecule has 5 nitrogen and oxygen atoms in total. The molecular weight excluding hydrogens is 198 g/mol. The summed E-state index contributed by atoms with van der Waals surface area (Å²) in [4.78, 5) is 11.8. The lowest BCUT2D eigenvalue weighted by atomic mass is 10.3. The van der Waals surface area contributed by atoms with E-state index in [-0.39, 0.29) is 13.1 Å². The molecule has 82 valence electrons. The highest BCUT2D eigenvalue weighted by Crippen LogP contribution is 2.19. The molecule has 1 saturated heterocycles. The lowest BCUT2D eigenvalue weighted by Gasteiger charge is -2.21. The summed E-state index contributed by atoms with van der Waals surface area (Å²) < 4.78 is 25.5. The van der Waals surface area contributed by atoms with Crippen LogP contribution in [0.4, 0.5) is 8.78 Å². The summed E-state index contributed by atoms with van der Waals surface area (Å²) in [6.45, 7) is -1.64. The number of rotatable bonds is 2. The van der Waals surface area contributed by atoms with Crippen LogP contribution in [0, 0.1) is 0 Å². The Kier molecular flexibility index (Phi) is 3.03. The number of amides is 1. The molecule has 1 aliphatic rings. The second-order valence-corrected chi connectivity index (χ2v) is 3.25. The number of hydrogen-bond donors (Lipinski definition) is 3. The van der Waals surface area contributed by atoms with Crippen LogP contribution in [0.2, 0.25) is 0 Å². The highest BCUT2D eigenvalue weighted by atomic mass is 19.3. The number of alkyl halides is 2. The van der Waals surface area contributed by atoms with Crippen molar-refractivity contribution in [2.24, 2.45) is 5.73 Å². The molecule has 14 heavy (non-hydrogen) atoms. The minimum absolute atomic E-state index is 0.282. The number of aliphatic hydroxyl groups is 2. The third kappa shape index (κ3) is 1.99. The van der Waals surface area contributed by atoms with Gasteiger partial charge in [0.2, 0.25) is 0 Å². The Hall–Kier alpha value is -0.790. The third-order valence-corrected chi connectivity index (χ3v) is 2.12. The fraction of sp³-hybridized carbons (Fsp3) is 0.857. The molecular formula is C7H12F2N2O3. The van der Waals surface area contributed by atoms with Crippen LogP contribution in [-0.2, 0) is 4.79 Å². The quantitative estimate of drug-likeness (QED) is 0.499. The predicted octanol–water partition coefficient (Wildman–Crippen LogP) is -1.86. The van der Waals surface area contributed by atoms with Crippen LogP contribution in [0.5, 0.6) is 0 Å². The lowest BCUT2D eigenvalue weighted by Crippen LogP contribution is -2.47. The Balaban J connectivity index is 2.64. The number of carbonyl (C=O) groups excluding carboxylic acids is 1. The van der Waals surface area contributed by atoms with Crippen molar-refractivity contribution in [3.05, 3.63) is 0 Å². The van der Waals surface area contributed by atoms with Gasteiger partial charge >= 0.3 is 5.92 Å². The zero-order chi connectivity index (χ0) is 10.9. The molecule has 0 aliphatic carbocycles. The number of hydrogen-bond acceptors (Lipinski definition) is 4. The van der Waals surface area contributed by atoms with Crippen molar-refractivity contribution in [1.82, 2.24) is 4.90 Å². The number of aliphatic hydroxyl groups excluding tert-OH is 2. The zero-order valence-corrected chi connectivity index (χ0v) is 7.36. The smallest absolute Gasteiger partial charge is 0.336 e. The summed E-state index contributed by atoms with van der Waals surface area (Å²) in [5, 5.41) is 18.1.